The number of hydrogen-bond donors (Lipinski definition) is 0. The molecule has 3 aromatic rings. The first kappa shape index (κ1) is 15.5. The molecule has 0 radical (unpaired) electrons. The second-order valence-electron chi connectivity index (χ2n) is 6.45. The highest BCUT2D eigenvalue weighted by Gasteiger charge is 2.32. The molecule has 1 atom stereocenters. The maximum atomic E-state index is 13.3. The van der Waals surface area contributed by atoms with Crippen molar-refractivity contribution in [3.8, 4) is 6.07 Å². The van der Waals surface area contributed by atoms with Crippen LogP contribution in [0.15, 0.2) is 42.9 Å². The van der Waals surface area contributed by atoms with E-state index in [2.05, 4.69) is 11.2 Å². The Morgan fingerprint density at radius 3 is 2.96 bits per heavy atom. The molecule has 0 aliphatic carbocycles. The maximum absolute atomic E-state index is 13.3. The van der Waals surface area contributed by atoms with Crippen LogP contribution in [0.4, 0.5) is 0 Å². The molecule has 1 amide bonds. The Balaban J connectivity index is 1.73. The monoisotopic (exact) mass is 333 g/mol. The van der Waals surface area contributed by atoms with Crippen LogP contribution in [0.5, 0.6) is 0 Å². The minimum atomic E-state index is 0.0271. The molecule has 6 nitrogen and oxygen atoms in total. The fourth-order valence-corrected chi connectivity index (χ4v) is 3.75. The highest BCUT2D eigenvalue weighted by molar-refractivity contribution is 6.07. The second kappa shape index (κ2) is 6.10. The Hall–Kier alpha value is -3.07. The van der Waals surface area contributed by atoms with Crippen molar-refractivity contribution < 1.29 is 4.79 Å². The summed E-state index contributed by atoms with van der Waals surface area (Å²) in [4.78, 5) is 15.2. The zero-order valence-corrected chi connectivity index (χ0v) is 14.1. The second-order valence-corrected chi connectivity index (χ2v) is 6.45. The van der Waals surface area contributed by atoms with Crippen LogP contribution in [-0.2, 0) is 13.6 Å². The fourth-order valence-electron chi connectivity index (χ4n) is 3.75. The van der Waals surface area contributed by atoms with Crippen molar-refractivity contribution in [1.29, 1.82) is 5.26 Å². The molecule has 1 saturated heterocycles. The molecule has 3 heterocycles. The normalized spacial score (nSPS) is 17.1. The number of aromatic nitrogens is 3. The van der Waals surface area contributed by atoms with E-state index in [1.807, 2.05) is 59.4 Å². The SMILES string of the molecule is Cn1cc([C@H]2CCCN2C(=O)c2cn(CC#N)c3ccccc23)cn1. The minimum absolute atomic E-state index is 0.0271. The third-order valence-corrected chi connectivity index (χ3v) is 4.88. The lowest BCUT2D eigenvalue weighted by molar-refractivity contribution is 0.0737. The Morgan fingerprint density at radius 2 is 2.20 bits per heavy atom. The molecular formula is C19H19N5O. The number of nitrogens with zero attached hydrogens (tertiary/aromatic N) is 5. The Kier molecular flexibility index (Phi) is 3.77. The molecule has 4 rings (SSSR count). The van der Waals surface area contributed by atoms with Crippen LogP contribution < -0.4 is 0 Å². The number of likely N-dealkylation sites (tertiary alicyclic amines) is 1. The molecule has 0 saturated carbocycles. The standard InChI is InChI=1S/C19H19N5O/c1-22-12-14(11-21-22)17-7-4-9-24(17)19(25)16-13-23(10-8-20)18-6-3-2-5-15(16)18/h2-3,5-6,11-13,17H,4,7,9-10H2,1H3/t17-/m1/s1. The van der Waals surface area contributed by atoms with Crippen molar-refractivity contribution in [3.63, 3.8) is 0 Å². The molecule has 0 bridgehead atoms. The Labute approximate surface area is 145 Å². The lowest BCUT2D eigenvalue weighted by Crippen LogP contribution is -2.30. The minimum Gasteiger partial charge on any atom is -0.333 e. The molecule has 126 valence electrons. The van der Waals surface area contributed by atoms with Crippen LogP contribution >= 0.6 is 0 Å². The molecule has 1 aliphatic rings. The first-order valence-electron chi connectivity index (χ1n) is 8.43. The predicted molar refractivity (Wildman–Crippen MR) is 93.8 cm³/mol. The first-order chi connectivity index (χ1) is 12.2. The quantitative estimate of drug-likeness (QED) is 0.740. The van der Waals surface area contributed by atoms with E-state index in [1.54, 1.807) is 4.68 Å². The number of carbonyl (C=O) groups excluding carboxylic acids is 1. The molecule has 0 unspecified atom stereocenters. The summed E-state index contributed by atoms with van der Waals surface area (Å²) < 4.78 is 3.62. The largest absolute Gasteiger partial charge is 0.333 e. The van der Waals surface area contributed by atoms with Gasteiger partial charge in [0.25, 0.3) is 5.91 Å². The van der Waals surface area contributed by atoms with E-state index >= 15 is 0 Å². The maximum Gasteiger partial charge on any atom is 0.256 e. The molecular weight excluding hydrogens is 314 g/mol. The van der Waals surface area contributed by atoms with Gasteiger partial charge in [-0.15, -0.1) is 0 Å². The lowest BCUT2D eigenvalue weighted by atomic mass is 10.1. The molecule has 1 aromatic carbocycles. The summed E-state index contributed by atoms with van der Waals surface area (Å²) in [7, 11) is 1.89. The molecule has 25 heavy (non-hydrogen) atoms. The van der Waals surface area contributed by atoms with Crippen LogP contribution in [-0.4, -0.2) is 31.7 Å². The van der Waals surface area contributed by atoms with Gasteiger partial charge in [-0.25, -0.2) is 0 Å². The van der Waals surface area contributed by atoms with E-state index in [9.17, 15) is 4.79 Å². The number of para-hydroxylation sites is 1. The van der Waals surface area contributed by atoms with Crippen LogP contribution in [0.2, 0.25) is 0 Å². The zero-order chi connectivity index (χ0) is 17.4. The van der Waals surface area contributed by atoms with Gasteiger partial charge in [0.1, 0.15) is 6.54 Å². The highest BCUT2D eigenvalue weighted by atomic mass is 16.2. The zero-order valence-electron chi connectivity index (χ0n) is 14.1. The summed E-state index contributed by atoms with van der Waals surface area (Å²) in [6.07, 6.45) is 7.58. The molecule has 1 fully saturated rings. The number of amides is 1. The summed E-state index contributed by atoms with van der Waals surface area (Å²) in [5.41, 5.74) is 2.67. The molecule has 0 spiro atoms. The Morgan fingerprint density at radius 1 is 1.36 bits per heavy atom. The van der Waals surface area contributed by atoms with E-state index in [4.69, 9.17) is 5.26 Å². The van der Waals surface area contributed by atoms with Crippen molar-refractivity contribution in [2.45, 2.75) is 25.4 Å². The molecule has 6 heteroatoms. The topological polar surface area (TPSA) is 66.8 Å². The van der Waals surface area contributed by atoms with Crippen LogP contribution in [0, 0.1) is 11.3 Å². The highest BCUT2D eigenvalue weighted by Crippen LogP contribution is 2.34. The average Bonchev–Trinajstić information content (AvgIpc) is 3.33. The third kappa shape index (κ3) is 2.58. The summed E-state index contributed by atoms with van der Waals surface area (Å²) >= 11 is 0. The smallest absolute Gasteiger partial charge is 0.256 e. The summed E-state index contributed by atoms with van der Waals surface area (Å²) in [5, 5.41) is 14.2. The molecule has 2 aromatic heterocycles. The van der Waals surface area contributed by atoms with Gasteiger partial charge in [-0.05, 0) is 18.9 Å². The third-order valence-electron chi connectivity index (χ3n) is 4.88. The van der Waals surface area contributed by atoms with E-state index in [0.29, 0.717) is 5.56 Å². The van der Waals surface area contributed by atoms with Gasteiger partial charge in [-0.1, -0.05) is 18.2 Å². The number of carbonyl (C=O) groups is 1. The van der Waals surface area contributed by atoms with Gasteiger partial charge in [0, 0.05) is 42.5 Å². The van der Waals surface area contributed by atoms with Gasteiger partial charge in [0.15, 0.2) is 0 Å². The van der Waals surface area contributed by atoms with Crippen molar-refractivity contribution in [1.82, 2.24) is 19.2 Å². The van der Waals surface area contributed by atoms with E-state index < -0.39 is 0 Å². The number of fused-ring (bicyclic) bond motifs is 1. The van der Waals surface area contributed by atoms with E-state index in [0.717, 1.165) is 35.9 Å². The van der Waals surface area contributed by atoms with Gasteiger partial charge in [-0.2, -0.15) is 10.4 Å². The predicted octanol–water partition coefficient (Wildman–Crippen LogP) is 2.88. The molecule has 0 N–H and O–H groups in total. The summed E-state index contributed by atoms with van der Waals surface area (Å²) in [6.45, 7) is 0.982. The molecule has 1 aliphatic heterocycles. The van der Waals surface area contributed by atoms with Crippen LogP contribution in [0.3, 0.4) is 0 Å². The first-order valence-corrected chi connectivity index (χ1v) is 8.43. The van der Waals surface area contributed by atoms with E-state index in [1.165, 1.54) is 0 Å². The van der Waals surface area contributed by atoms with Gasteiger partial charge in [-0.3, -0.25) is 9.48 Å². The van der Waals surface area contributed by atoms with Gasteiger partial charge >= 0.3 is 0 Å². The van der Waals surface area contributed by atoms with Gasteiger partial charge in [0.05, 0.1) is 23.9 Å². The lowest BCUT2D eigenvalue weighted by Gasteiger charge is -2.23. The van der Waals surface area contributed by atoms with Gasteiger partial charge in [0.2, 0.25) is 0 Å². The number of hydrogen-bond acceptors (Lipinski definition) is 3. The van der Waals surface area contributed by atoms with Crippen molar-refractivity contribution in [2.75, 3.05) is 6.54 Å². The van der Waals surface area contributed by atoms with Gasteiger partial charge < -0.3 is 9.47 Å². The number of aryl methyl sites for hydroxylation is 1. The summed E-state index contributed by atoms with van der Waals surface area (Å²) in [6, 6.07) is 9.99. The average molecular weight is 333 g/mol. The summed E-state index contributed by atoms with van der Waals surface area (Å²) in [5.74, 6) is 0.0271. The van der Waals surface area contributed by atoms with E-state index in [-0.39, 0.29) is 18.5 Å². The van der Waals surface area contributed by atoms with Crippen LogP contribution in [0.1, 0.15) is 34.8 Å². The Bertz CT molecular complexity index is 977. The van der Waals surface area contributed by atoms with Crippen molar-refractivity contribution in [3.05, 3.63) is 54.0 Å². The fraction of sp³-hybridized carbons (Fsp3) is 0.316. The van der Waals surface area contributed by atoms with Crippen LogP contribution in [0.25, 0.3) is 10.9 Å². The number of rotatable bonds is 3. The number of benzene rings is 1. The van der Waals surface area contributed by atoms with Crippen molar-refractivity contribution in [2.24, 2.45) is 7.05 Å². The van der Waals surface area contributed by atoms with Crippen molar-refractivity contribution >= 4 is 16.8 Å². The number of nitriles is 1.